The molecule has 0 saturated heterocycles. The van der Waals surface area contributed by atoms with Gasteiger partial charge in [-0.1, -0.05) is 20.8 Å². The Morgan fingerprint density at radius 1 is 1.38 bits per heavy atom. The minimum absolute atomic E-state index is 0.0882. The van der Waals surface area contributed by atoms with Crippen LogP contribution in [-0.2, 0) is 4.79 Å². The predicted octanol–water partition coefficient (Wildman–Crippen LogP) is 1.93. The molecule has 1 amide bonds. The lowest BCUT2D eigenvalue weighted by Crippen LogP contribution is -2.43. The highest BCUT2D eigenvalue weighted by Gasteiger charge is 2.61. The molecule has 0 aromatic heterocycles. The third-order valence-electron chi connectivity index (χ3n) is 4.55. The minimum atomic E-state index is -0.0882. The van der Waals surface area contributed by atoms with Crippen LogP contribution in [0.5, 0.6) is 0 Å². The molecule has 2 nitrogen and oxygen atoms in total. The Hall–Kier alpha value is -0.530. The van der Waals surface area contributed by atoms with Crippen molar-refractivity contribution < 1.29 is 4.79 Å². The van der Waals surface area contributed by atoms with Crippen molar-refractivity contribution in [2.24, 2.45) is 28.4 Å². The summed E-state index contributed by atoms with van der Waals surface area (Å²) in [5, 5.41) is 0. The Balaban J connectivity index is 2.39. The highest BCUT2D eigenvalue weighted by Crippen LogP contribution is 2.65. The second-order valence-corrected chi connectivity index (χ2v) is 5.75. The maximum Gasteiger partial charge on any atom is 0.221 e. The second kappa shape index (κ2) is 2.28. The molecule has 13 heavy (non-hydrogen) atoms. The van der Waals surface area contributed by atoms with E-state index < -0.39 is 0 Å². The Labute approximate surface area is 79.9 Å². The normalized spacial score (nSPS) is 46.7. The summed E-state index contributed by atoms with van der Waals surface area (Å²) in [5.41, 5.74) is 5.85. The van der Waals surface area contributed by atoms with Crippen LogP contribution >= 0.6 is 0 Å². The first-order valence-electron chi connectivity index (χ1n) is 5.17. The van der Waals surface area contributed by atoms with Crippen molar-refractivity contribution in [3.63, 3.8) is 0 Å². The first-order chi connectivity index (χ1) is 5.88. The van der Waals surface area contributed by atoms with Gasteiger partial charge in [-0.25, -0.2) is 0 Å². The van der Waals surface area contributed by atoms with Gasteiger partial charge in [-0.3, -0.25) is 4.79 Å². The van der Waals surface area contributed by atoms with Crippen LogP contribution in [0.1, 0.15) is 40.0 Å². The lowest BCUT2D eigenvalue weighted by Gasteiger charge is -2.40. The number of rotatable bonds is 1. The van der Waals surface area contributed by atoms with E-state index in [2.05, 4.69) is 20.8 Å². The zero-order valence-electron chi connectivity index (χ0n) is 8.76. The van der Waals surface area contributed by atoms with Gasteiger partial charge in [0.1, 0.15) is 0 Å². The van der Waals surface area contributed by atoms with E-state index in [1.165, 1.54) is 19.3 Å². The summed E-state index contributed by atoms with van der Waals surface area (Å²) in [6.45, 7) is 6.65. The highest BCUT2D eigenvalue weighted by atomic mass is 16.1. The summed E-state index contributed by atoms with van der Waals surface area (Å²) < 4.78 is 0. The van der Waals surface area contributed by atoms with Crippen LogP contribution in [0.3, 0.4) is 0 Å². The minimum Gasteiger partial charge on any atom is -0.369 e. The van der Waals surface area contributed by atoms with Crippen LogP contribution in [0.2, 0.25) is 0 Å². The van der Waals surface area contributed by atoms with Crippen molar-refractivity contribution in [3.05, 3.63) is 0 Å². The first-order valence-corrected chi connectivity index (χ1v) is 5.17. The van der Waals surface area contributed by atoms with Gasteiger partial charge in [-0.2, -0.15) is 0 Å². The Morgan fingerprint density at radius 2 is 2.00 bits per heavy atom. The van der Waals surface area contributed by atoms with Crippen molar-refractivity contribution in [1.29, 1.82) is 0 Å². The number of hydrogen-bond donors (Lipinski definition) is 1. The van der Waals surface area contributed by atoms with Crippen LogP contribution in [-0.4, -0.2) is 5.91 Å². The van der Waals surface area contributed by atoms with Crippen molar-refractivity contribution in [2.75, 3.05) is 0 Å². The zero-order chi connectivity index (χ0) is 9.85. The summed E-state index contributed by atoms with van der Waals surface area (Å²) in [7, 11) is 0. The van der Waals surface area contributed by atoms with E-state index in [4.69, 9.17) is 5.73 Å². The first kappa shape index (κ1) is 9.04. The van der Waals surface area contributed by atoms with Crippen LogP contribution in [0, 0.1) is 22.7 Å². The molecule has 2 aliphatic carbocycles. The fourth-order valence-corrected chi connectivity index (χ4v) is 4.01. The smallest absolute Gasteiger partial charge is 0.221 e. The summed E-state index contributed by atoms with van der Waals surface area (Å²) in [6.07, 6.45) is 3.68. The Morgan fingerprint density at radius 3 is 2.31 bits per heavy atom. The molecule has 2 bridgehead atoms. The molecule has 0 spiro atoms. The lowest BCUT2D eigenvalue weighted by molar-refractivity contribution is -0.130. The number of amides is 1. The lowest BCUT2D eigenvalue weighted by atomic mass is 9.63. The van der Waals surface area contributed by atoms with Crippen molar-refractivity contribution >= 4 is 5.91 Å². The van der Waals surface area contributed by atoms with Gasteiger partial charge in [-0.05, 0) is 36.0 Å². The average Bonchev–Trinajstić information content (AvgIpc) is 2.36. The molecular weight excluding hydrogens is 162 g/mol. The van der Waals surface area contributed by atoms with Gasteiger partial charge in [0.05, 0.1) is 0 Å². The fourth-order valence-electron chi connectivity index (χ4n) is 4.01. The molecule has 2 unspecified atom stereocenters. The summed E-state index contributed by atoms with van der Waals surface area (Å²) in [6, 6.07) is 0. The van der Waals surface area contributed by atoms with Crippen LogP contribution < -0.4 is 5.73 Å². The fraction of sp³-hybridized carbons (Fsp3) is 0.909. The van der Waals surface area contributed by atoms with E-state index in [9.17, 15) is 4.79 Å². The van der Waals surface area contributed by atoms with Gasteiger partial charge in [0.15, 0.2) is 0 Å². The van der Waals surface area contributed by atoms with Crippen molar-refractivity contribution in [2.45, 2.75) is 40.0 Å². The second-order valence-electron chi connectivity index (χ2n) is 5.75. The molecule has 3 atom stereocenters. The molecular formula is C11H19NO. The molecule has 74 valence electrons. The number of carbonyl (C=O) groups is 1. The maximum absolute atomic E-state index is 11.4. The van der Waals surface area contributed by atoms with E-state index >= 15 is 0 Å². The number of primary amides is 1. The van der Waals surface area contributed by atoms with Crippen molar-refractivity contribution in [3.8, 4) is 0 Å². The van der Waals surface area contributed by atoms with Crippen LogP contribution in [0.4, 0.5) is 0 Å². The summed E-state index contributed by atoms with van der Waals surface area (Å²) in [4.78, 5) is 11.4. The van der Waals surface area contributed by atoms with E-state index in [0.717, 1.165) is 5.92 Å². The molecule has 0 heterocycles. The van der Waals surface area contributed by atoms with Gasteiger partial charge < -0.3 is 5.73 Å². The van der Waals surface area contributed by atoms with Gasteiger partial charge >= 0.3 is 0 Å². The topological polar surface area (TPSA) is 43.1 Å². The molecule has 2 N–H and O–H groups in total. The SMILES string of the molecule is CC12CCC(C1)C(C)(C)[C@H]2C(N)=O. The number of fused-ring (bicyclic) bond motifs is 2. The van der Waals surface area contributed by atoms with Crippen LogP contribution in [0.25, 0.3) is 0 Å². The molecule has 0 aromatic rings. The number of hydrogen-bond acceptors (Lipinski definition) is 1. The van der Waals surface area contributed by atoms with Crippen LogP contribution in [0.15, 0.2) is 0 Å². The number of carbonyl (C=O) groups excluding carboxylic acids is 1. The average molecular weight is 181 g/mol. The monoisotopic (exact) mass is 181 g/mol. The van der Waals surface area contributed by atoms with Gasteiger partial charge in [0.2, 0.25) is 5.91 Å². The molecule has 2 aliphatic rings. The largest absolute Gasteiger partial charge is 0.369 e. The molecule has 0 aliphatic heterocycles. The third kappa shape index (κ3) is 0.976. The third-order valence-corrected chi connectivity index (χ3v) is 4.55. The van der Waals surface area contributed by atoms with E-state index in [1.807, 2.05) is 0 Å². The van der Waals surface area contributed by atoms with Crippen molar-refractivity contribution in [1.82, 2.24) is 0 Å². The van der Waals surface area contributed by atoms with E-state index in [0.29, 0.717) is 0 Å². The highest BCUT2D eigenvalue weighted by molar-refractivity contribution is 5.79. The molecule has 2 heteroatoms. The molecule has 2 saturated carbocycles. The molecule has 0 aromatic carbocycles. The quantitative estimate of drug-likeness (QED) is 0.660. The van der Waals surface area contributed by atoms with Gasteiger partial charge in [-0.15, -0.1) is 0 Å². The molecule has 2 rings (SSSR count). The predicted molar refractivity (Wildman–Crippen MR) is 51.9 cm³/mol. The maximum atomic E-state index is 11.4. The van der Waals surface area contributed by atoms with E-state index in [1.54, 1.807) is 0 Å². The summed E-state index contributed by atoms with van der Waals surface area (Å²) >= 11 is 0. The standard InChI is InChI=1S/C11H19NO/c1-10(2)7-4-5-11(3,6-7)8(10)9(12)13/h7-8H,4-6H2,1-3H3,(H2,12,13)/t7?,8-,11?/m1/s1. The van der Waals surface area contributed by atoms with E-state index in [-0.39, 0.29) is 22.7 Å². The Kier molecular flexibility index (Phi) is 1.59. The zero-order valence-corrected chi connectivity index (χ0v) is 8.76. The Bertz CT molecular complexity index is 254. The number of nitrogens with two attached hydrogens (primary N) is 1. The van der Waals surface area contributed by atoms with Gasteiger partial charge in [0, 0.05) is 5.92 Å². The molecule has 0 radical (unpaired) electrons. The van der Waals surface area contributed by atoms with Gasteiger partial charge in [0.25, 0.3) is 0 Å². The molecule has 2 fully saturated rings. The summed E-state index contributed by atoms with van der Waals surface area (Å²) in [5.74, 6) is 0.725.